The molecule has 0 spiro atoms. The lowest BCUT2D eigenvalue weighted by atomic mass is 9.81. The van der Waals surface area contributed by atoms with E-state index in [4.69, 9.17) is 5.10 Å². The highest BCUT2D eigenvalue weighted by Crippen LogP contribution is 2.51. The molecule has 0 radical (unpaired) electrons. The predicted molar refractivity (Wildman–Crippen MR) is 78.5 cm³/mol. The maximum Gasteiger partial charge on any atom is 0.0734 e. The van der Waals surface area contributed by atoms with Crippen LogP contribution in [0.4, 0.5) is 0 Å². The highest BCUT2D eigenvalue weighted by Gasteiger charge is 2.49. The van der Waals surface area contributed by atoms with Crippen molar-refractivity contribution in [2.24, 2.45) is 11.8 Å². The van der Waals surface area contributed by atoms with Crippen LogP contribution in [-0.2, 0) is 6.42 Å². The first-order chi connectivity index (χ1) is 9.73. The minimum absolute atomic E-state index is 0.450. The molecule has 1 heterocycles. The van der Waals surface area contributed by atoms with Crippen LogP contribution in [0.1, 0.15) is 69.5 Å². The van der Waals surface area contributed by atoms with Gasteiger partial charge in [0.15, 0.2) is 0 Å². The van der Waals surface area contributed by atoms with Crippen molar-refractivity contribution in [2.75, 3.05) is 0 Å². The van der Waals surface area contributed by atoms with Gasteiger partial charge in [0.05, 0.1) is 17.3 Å². The highest BCUT2D eigenvalue weighted by molar-refractivity contribution is 5.10. The van der Waals surface area contributed by atoms with E-state index < -0.39 is 5.60 Å². The van der Waals surface area contributed by atoms with E-state index in [9.17, 15) is 5.11 Å². The van der Waals surface area contributed by atoms with Crippen LogP contribution in [0.25, 0.3) is 0 Å². The van der Waals surface area contributed by atoms with Gasteiger partial charge in [-0.25, -0.2) is 0 Å². The predicted octanol–water partition coefficient (Wildman–Crippen LogP) is 3.48. The minimum Gasteiger partial charge on any atom is -0.389 e. The van der Waals surface area contributed by atoms with Gasteiger partial charge in [0.1, 0.15) is 0 Å². The number of aromatic nitrogens is 2. The molecule has 0 amide bonds. The summed E-state index contributed by atoms with van der Waals surface area (Å²) in [6.07, 6.45) is 14.3. The summed E-state index contributed by atoms with van der Waals surface area (Å²) in [5, 5.41) is 15.7. The molecule has 0 aliphatic heterocycles. The molecular weight excluding hydrogens is 248 g/mol. The third-order valence-corrected chi connectivity index (χ3v) is 6.04. The molecule has 1 aromatic rings. The third kappa shape index (κ3) is 2.20. The summed E-state index contributed by atoms with van der Waals surface area (Å²) < 4.78 is 2.17. The second kappa shape index (κ2) is 4.87. The van der Waals surface area contributed by atoms with Crippen LogP contribution in [-0.4, -0.2) is 20.5 Å². The third-order valence-electron chi connectivity index (χ3n) is 6.04. The number of fused-ring (bicyclic) bond motifs is 2. The number of nitrogens with zero attached hydrogens (tertiary/aromatic N) is 2. The van der Waals surface area contributed by atoms with Crippen molar-refractivity contribution in [1.82, 2.24) is 9.78 Å². The fourth-order valence-electron chi connectivity index (χ4n) is 4.97. The molecule has 0 saturated heterocycles. The summed E-state index contributed by atoms with van der Waals surface area (Å²) >= 11 is 0. The van der Waals surface area contributed by atoms with Gasteiger partial charge in [-0.3, -0.25) is 4.68 Å². The fourth-order valence-corrected chi connectivity index (χ4v) is 4.97. The van der Waals surface area contributed by atoms with E-state index in [1.165, 1.54) is 51.4 Å². The zero-order chi connectivity index (χ0) is 13.6. The lowest BCUT2D eigenvalue weighted by Gasteiger charge is -2.31. The highest BCUT2D eigenvalue weighted by atomic mass is 16.3. The van der Waals surface area contributed by atoms with Gasteiger partial charge in [-0.2, -0.15) is 5.10 Å². The number of hydrogen-bond acceptors (Lipinski definition) is 2. The Kier molecular flexibility index (Phi) is 3.13. The summed E-state index contributed by atoms with van der Waals surface area (Å²) in [5.41, 5.74) is 0.653. The van der Waals surface area contributed by atoms with E-state index in [0.717, 1.165) is 24.5 Å². The van der Waals surface area contributed by atoms with Gasteiger partial charge in [0, 0.05) is 12.6 Å². The van der Waals surface area contributed by atoms with Crippen molar-refractivity contribution in [3.8, 4) is 0 Å². The maximum absolute atomic E-state index is 10.9. The van der Waals surface area contributed by atoms with Crippen LogP contribution < -0.4 is 0 Å². The first-order valence-electron chi connectivity index (χ1n) is 8.49. The smallest absolute Gasteiger partial charge is 0.0734 e. The molecule has 20 heavy (non-hydrogen) atoms. The second-order valence-electron chi connectivity index (χ2n) is 7.44. The number of rotatable bonds is 3. The summed E-state index contributed by atoms with van der Waals surface area (Å²) in [6.45, 7) is 0. The summed E-state index contributed by atoms with van der Waals surface area (Å²) in [5.74, 6) is 1.32. The lowest BCUT2D eigenvalue weighted by Crippen LogP contribution is -2.37. The minimum atomic E-state index is -0.450. The van der Waals surface area contributed by atoms with E-state index in [2.05, 4.69) is 16.9 Å². The first kappa shape index (κ1) is 12.9. The van der Waals surface area contributed by atoms with Gasteiger partial charge in [0.2, 0.25) is 0 Å². The largest absolute Gasteiger partial charge is 0.389 e. The van der Waals surface area contributed by atoms with Crippen LogP contribution in [0.2, 0.25) is 0 Å². The van der Waals surface area contributed by atoms with Crippen molar-refractivity contribution < 1.29 is 5.11 Å². The standard InChI is InChI=1S/C17H26N2O/c20-17(11-13-6-7-14(17)10-13)12-15-8-9-19(18-15)16-4-2-1-3-5-16/h8-9,13-14,16,20H,1-7,10-12H2. The van der Waals surface area contributed by atoms with Crippen molar-refractivity contribution in [1.29, 1.82) is 0 Å². The molecule has 110 valence electrons. The van der Waals surface area contributed by atoms with Crippen LogP contribution in [0.3, 0.4) is 0 Å². The Balaban J connectivity index is 1.45. The van der Waals surface area contributed by atoms with Crippen molar-refractivity contribution in [2.45, 2.75) is 75.9 Å². The summed E-state index contributed by atoms with van der Waals surface area (Å²) in [6, 6.07) is 2.74. The number of aliphatic hydroxyl groups is 1. The van der Waals surface area contributed by atoms with Gasteiger partial charge < -0.3 is 5.11 Å². The van der Waals surface area contributed by atoms with Crippen LogP contribution in [0.15, 0.2) is 12.3 Å². The molecule has 2 bridgehead atoms. The van der Waals surface area contributed by atoms with Crippen LogP contribution in [0.5, 0.6) is 0 Å². The van der Waals surface area contributed by atoms with E-state index in [1.807, 2.05) is 0 Å². The molecule has 3 fully saturated rings. The second-order valence-corrected chi connectivity index (χ2v) is 7.44. The van der Waals surface area contributed by atoms with Crippen molar-refractivity contribution in [3.05, 3.63) is 18.0 Å². The Hall–Kier alpha value is -0.830. The summed E-state index contributed by atoms with van der Waals surface area (Å²) in [7, 11) is 0. The zero-order valence-electron chi connectivity index (χ0n) is 12.3. The van der Waals surface area contributed by atoms with Gasteiger partial charge >= 0.3 is 0 Å². The van der Waals surface area contributed by atoms with Crippen molar-refractivity contribution >= 4 is 0 Å². The SMILES string of the molecule is OC1(Cc2ccn(C3CCCCC3)n2)CC2CCC1C2. The van der Waals surface area contributed by atoms with Crippen LogP contribution >= 0.6 is 0 Å². The molecular formula is C17H26N2O. The zero-order valence-corrected chi connectivity index (χ0v) is 12.3. The van der Waals surface area contributed by atoms with Gasteiger partial charge in [-0.15, -0.1) is 0 Å². The fraction of sp³-hybridized carbons (Fsp3) is 0.824. The molecule has 3 aliphatic rings. The summed E-state index contributed by atoms with van der Waals surface area (Å²) in [4.78, 5) is 0. The topological polar surface area (TPSA) is 38.0 Å². The van der Waals surface area contributed by atoms with E-state index >= 15 is 0 Å². The Labute approximate surface area is 121 Å². The van der Waals surface area contributed by atoms with Gasteiger partial charge in [-0.1, -0.05) is 19.3 Å². The van der Waals surface area contributed by atoms with E-state index in [-0.39, 0.29) is 0 Å². The Morgan fingerprint density at radius 2 is 2.05 bits per heavy atom. The van der Waals surface area contributed by atoms with Gasteiger partial charge in [0.25, 0.3) is 0 Å². The molecule has 1 N–H and O–H groups in total. The molecule has 3 saturated carbocycles. The average Bonchev–Trinajstić information content (AvgIpc) is 3.15. The average molecular weight is 274 g/mol. The lowest BCUT2D eigenvalue weighted by molar-refractivity contribution is -0.0134. The molecule has 0 aromatic carbocycles. The molecule has 3 nitrogen and oxygen atoms in total. The van der Waals surface area contributed by atoms with Crippen molar-refractivity contribution in [3.63, 3.8) is 0 Å². The van der Waals surface area contributed by atoms with E-state index in [1.54, 1.807) is 0 Å². The Morgan fingerprint density at radius 1 is 1.20 bits per heavy atom. The Bertz CT molecular complexity index is 477. The van der Waals surface area contributed by atoms with E-state index in [0.29, 0.717) is 12.0 Å². The molecule has 4 rings (SSSR count). The number of hydrogen-bond donors (Lipinski definition) is 1. The molecule has 3 heteroatoms. The van der Waals surface area contributed by atoms with Gasteiger partial charge in [-0.05, 0) is 56.4 Å². The normalized spacial score (nSPS) is 37.6. The molecule has 3 atom stereocenters. The van der Waals surface area contributed by atoms with Crippen LogP contribution in [0, 0.1) is 11.8 Å². The monoisotopic (exact) mass is 274 g/mol. The maximum atomic E-state index is 10.9. The molecule has 1 aromatic heterocycles. The Morgan fingerprint density at radius 3 is 2.75 bits per heavy atom. The first-order valence-corrected chi connectivity index (χ1v) is 8.49. The quantitative estimate of drug-likeness (QED) is 0.916. The molecule has 3 unspecified atom stereocenters. The molecule has 3 aliphatic carbocycles.